The molecule has 8 nitrogen and oxygen atoms in total. The third-order valence-electron chi connectivity index (χ3n) is 6.40. The first-order chi connectivity index (χ1) is 17.6. The van der Waals surface area contributed by atoms with Gasteiger partial charge in [0.1, 0.15) is 18.0 Å². The van der Waals surface area contributed by atoms with Crippen LogP contribution in [-0.4, -0.2) is 28.7 Å². The van der Waals surface area contributed by atoms with Crippen LogP contribution in [0, 0.1) is 19.7 Å². The zero-order valence-corrected chi connectivity index (χ0v) is 21.2. The van der Waals surface area contributed by atoms with E-state index in [1.54, 1.807) is 19.9 Å². The lowest BCUT2D eigenvalue weighted by Crippen LogP contribution is -2.40. The van der Waals surface area contributed by atoms with E-state index in [1.807, 2.05) is 31.2 Å². The molecule has 0 unspecified atom stereocenters. The lowest BCUT2D eigenvalue weighted by Gasteiger charge is -2.27. The molecule has 0 fully saturated rings. The van der Waals surface area contributed by atoms with Crippen LogP contribution < -0.4 is 16.1 Å². The molecule has 0 aliphatic heterocycles. The number of hydrogen-bond donors (Lipinski definition) is 0. The Hall–Kier alpha value is -4.27. The fourth-order valence-electron chi connectivity index (χ4n) is 4.43. The second kappa shape index (κ2) is 10.4. The fourth-order valence-corrected chi connectivity index (χ4v) is 4.43. The number of aromatic nitrogens is 2. The number of fused-ring (bicyclic) bond motifs is 1. The van der Waals surface area contributed by atoms with Crippen molar-refractivity contribution in [2.75, 3.05) is 7.11 Å². The van der Waals surface area contributed by atoms with Crippen LogP contribution in [0.5, 0.6) is 5.75 Å². The number of hydrogen-bond acceptors (Lipinski definition) is 7. The Balaban J connectivity index is 1.70. The molecule has 0 aliphatic rings. The highest BCUT2D eigenvalue weighted by molar-refractivity contribution is 5.78. The van der Waals surface area contributed by atoms with Gasteiger partial charge < -0.3 is 13.9 Å². The fraction of sp³-hybridized carbons (Fsp3) is 0.286. The summed E-state index contributed by atoms with van der Waals surface area (Å²) in [7, 11) is 1.37. The van der Waals surface area contributed by atoms with Gasteiger partial charge >= 0.3 is 11.7 Å². The van der Waals surface area contributed by atoms with Gasteiger partial charge in [-0.15, -0.1) is 0 Å². The zero-order chi connectivity index (χ0) is 26.9. The first kappa shape index (κ1) is 25.8. The molecule has 0 saturated heterocycles. The summed E-state index contributed by atoms with van der Waals surface area (Å²) in [6.45, 7) is 6.85. The van der Waals surface area contributed by atoms with Crippen molar-refractivity contribution in [3.63, 3.8) is 0 Å². The SMILES string of the molecule is COc1ccnc2c(=O)n([C@@H](C)C(=O)O[C@@H](C)[C@@H](c3ccc(C)cc3)c3ccc(F)cc3C)c(=O)oc12. The van der Waals surface area contributed by atoms with Crippen LogP contribution >= 0.6 is 0 Å². The Morgan fingerprint density at radius 2 is 1.76 bits per heavy atom. The van der Waals surface area contributed by atoms with Gasteiger partial charge in [-0.1, -0.05) is 35.9 Å². The van der Waals surface area contributed by atoms with Gasteiger partial charge in [0.2, 0.25) is 5.58 Å². The molecule has 2 heterocycles. The highest BCUT2D eigenvalue weighted by Crippen LogP contribution is 2.33. The number of carbonyl (C=O) groups is 1. The lowest BCUT2D eigenvalue weighted by molar-refractivity contribution is -0.152. The van der Waals surface area contributed by atoms with Crippen molar-refractivity contribution >= 4 is 17.1 Å². The molecule has 192 valence electrons. The van der Waals surface area contributed by atoms with Crippen LogP contribution in [0.2, 0.25) is 0 Å². The highest BCUT2D eigenvalue weighted by Gasteiger charge is 2.30. The largest absolute Gasteiger partial charge is 0.493 e. The number of nitrogens with zero attached hydrogens (tertiary/aromatic N) is 2. The summed E-state index contributed by atoms with van der Waals surface area (Å²) >= 11 is 0. The second-order valence-electron chi connectivity index (χ2n) is 8.94. The molecular weight excluding hydrogens is 479 g/mol. The molecule has 37 heavy (non-hydrogen) atoms. The van der Waals surface area contributed by atoms with Crippen molar-refractivity contribution in [2.24, 2.45) is 0 Å². The molecule has 0 aliphatic carbocycles. The van der Waals surface area contributed by atoms with E-state index in [4.69, 9.17) is 13.9 Å². The number of methoxy groups -OCH3 is 1. The maximum Gasteiger partial charge on any atom is 0.423 e. The molecule has 4 rings (SSSR count). The number of ether oxygens (including phenoxy) is 2. The van der Waals surface area contributed by atoms with Gasteiger partial charge in [0.15, 0.2) is 11.3 Å². The quantitative estimate of drug-likeness (QED) is 0.342. The van der Waals surface area contributed by atoms with Crippen LogP contribution in [0.3, 0.4) is 0 Å². The van der Waals surface area contributed by atoms with Crippen LogP contribution in [0.4, 0.5) is 4.39 Å². The maximum atomic E-state index is 13.8. The van der Waals surface area contributed by atoms with Gasteiger partial charge in [0.25, 0.3) is 5.56 Å². The van der Waals surface area contributed by atoms with Gasteiger partial charge in [-0.2, -0.15) is 0 Å². The van der Waals surface area contributed by atoms with Gasteiger partial charge in [-0.05, 0) is 56.5 Å². The first-order valence-corrected chi connectivity index (χ1v) is 11.7. The Kier molecular flexibility index (Phi) is 7.24. The van der Waals surface area contributed by atoms with E-state index in [2.05, 4.69) is 4.98 Å². The van der Waals surface area contributed by atoms with Crippen molar-refractivity contribution in [2.45, 2.75) is 45.8 Å². The molecule has 4 aromatic rings. The van der Waals surface area contributed by atoms with Crippen molar-refractivity contribution in [3.8, 4) is 5.75 Å². The molecule has 2 aromatic carbocycles. The van der Waals surface area contributed by atoms with Crippen LogP contribution in [0.1, 0.15) is 48.1 Å². The number of aryl methyl sites for hydroxylation is 2. The van der Waals surface area contributed by atoms with Gasteiger partial charge in [-0.3, -0.25) is 4.79 Å². The number of rotatable bonds is 7. The van der Waals surface area contributed by atoms with Crippen molar-refractivity contribution in [3.05, 3.63) is 104 Å². The molecule has 0 saturated carbocycles. The standard InChI is InChI=1S/C28H27FN2O6/c1-15-6-8-19(9-7-15)23(21-11-10-20(29)14-16(21)2)18(4)36-27(33)17(3)31-26(32)24-25(37-28(31)34)22(35-5)12-13-30-24/h6-14,17-18,23H,1-5H3/t17-,18-,23-/m0/s1. The Morgan fingerprint density at radius 3 is 2.41 bits per heavy atom. The minimum atomic E-state index is -1.29. The minimum Gasteiger partial charge on any atom is -0.493 e. The summed E-state index contributed by atoms with van der Waals surface area (Å²) in [6, 6.07) is 12.4. The van der Waals surface area contributed by atoms with Gasteiger partial charge in [0.05, 0.1) is 7.11 Å². The van der Waals surface area contributed by atoms with E-state index in [-0.39, 0.29) is 22.7 Å². The molecular formula is C28H27FN2O6. The summed E-state index contributed by atoms with van der Waals surface area (Å²) in [5, 5.41) is 0. The average molecular weight is 507 g/mol. The Labute approximate surface area is 212 Å². The predicted molar refractivity (Wildman–Crippen MR) is 136 cm³/mol. The van der Waals surface area contributed by atoms with E-state index in [0.717, 1.165) is 16.7 Å². The number of esters is 1. The highest BCUT2D eigenvalue weighted by atomic mass is 19.1. The number of carbonyl (C=O) groups excluding carboxylic acids is 1. The predicted octanol–water partition coefficient (Wildman–Crippen LogP) is 4.44. The van der Waals surface area contributed by atoms with Gasteiger partial charge in [-0.25, -0.2) is 23.5 Å². The zero-order valence-electron chi connectivity index (χ0n) is 21.2. The molecule has 3 atom stereocenters. The lowest BCUT2D eigenvalue weighted by atomic mass is 9.84. The molecule has 0 N–H and O–H groups in total. The first-order valence-electron chi connectivity index (χ1n) is 11.7. The Morgan fingerprint density at radius 1 is 1.05 bits per heavy atom. The molecule has 9 heteroatoms. The summed E-state index contributed by atoms with van der Waals surface area (Å²) in [4.78, 5) is 43.0. The molecule has 2 aromatic heterocycles. The van der Waals surface area contributed by atoms with Gasteiger partial charge in [0, 0.05) is 18.2 Å². The molecule has 0 radical (unpaired) electrons. The number of halogens is 1. The molecule has 0 bridgehead atoms. The third-order valence-corrected chi connectivity index (χ3v) is 6.40. The van der Waals surface area contributed by atoms with E-state index in [1.165, 1.54) is 38.4 Å². The third kappa shape index (κ3) is 5.02. The van der Waals surface area contributed by atoms with Crippen molar-refractivity contribution < 1.29 is 23.1 Å². The molecule has 0 amide bonds. The monoisotopic (exact) mass is 506 g/mol. The summed E-state index contributed by atoms with van der Waals surface area (Å²) in [5.41, 5.74) is 2.37. The second-order valence-corrected chi connectivity index (χ2v) is 8.94. The van der Waals surface area contributed by atoms with Crippen molar-refractivity contribution in [1.29, 1.82) is 0 Å². The van der Waals surface area contributed by atoms with Crippen LogP contribution in [0.15, 0.2) is 68.7 Å². The van der Waals surface area contributed by atoms with Crippen molar-refractivity contribution in [1.82, 2.24) is 9.55 Å². The summed E-state index contributed by atoms with van der Waals surface area (Å²) in [5.74, 6) is -2.46. The summed E-state index contributed by atoms with van der Waals surface area (Å²) < 4.78 is 30.7. The maximum absolute atomic E-state index is 13.8. The smallest absolute Gasteiger partial charge is 0.423 e. The Bertz CT molecular complexity index is 1570. The normalized spacial score (nSPS) is 13.7. The van der Waals surface area contributed by atoms with Crippen LogP contribution in [0.25, 0.3) is 11.1 Å². The number of benzene rings is 2. The minimum absolute atomic E-state index is 0.101. The molecule has 0 spiro atoms. The topological polar surface area (TPSA) is 101 Å². The number of pyridine rings is 1. The van der Waals surface area contributed by atoms with E-state index < -0.39 is 35.3 Å². The van der Waals surface area contributed by atoms with E-state index in [9.17, 15) is 18.8 Å². The summed E-state index contributed by atoms with van der Waals surface area (Å²) in [6.07, 6.45) is 0.623. The van der Waals surface area contributed by atoms with E-state index >= 15 is 0 Å². The van der Waals surface area contributed by atoms with Crippen LogP contribution in [-0.2, 0) is 9.53 Å². The average Bonchev–Trinajstić information content (AvgIpc) is 2.86. The van der Waals surface area contributed by atoms with E-state index in [0.29, 0.717) is 10.1 Å².